The van der Waals surface area contributed by atoms with Crippen LogP contribution in [0.4, 0.5) is 10.5 Å². The molecule has 9 heteroatoms. The summed E-state index contributed by atoms with van der Waals surface area (Å²) in [6.07, 6.45) is 5.40. The fraction of sp³-hybridized carbons (Fsp3) is 0.310. The van der Waals surface area contributed by atoms with Crippen molar-refractivity contribution in [3.63, 3.8) is 0 Å². The van der Waals surface area contributed by atoms with Crippen LogP contribution in [0.1, 0.15) is 61.7 Å². The number of fused-ring (bicyclic) bond motifs is 1. The van der Waals surface area contributed by atoms with Crippen molar-refractivity contribution in [2.75, 3.05) is 12.0 Å². The minimum atomic E-state index is -0.775. The lowest BCUT2D eigenvalue weighted by Crippen LogP contribution is -2.54. The molecule has 0 radical (unpaired) electrons. The summed E-state index contributed by atoms with van der Waals surface area (Å²) in [6, 6.07) is 6.45. The van der Waals surface area contributed by atoms with Crippen molar-refractivity contribution in [2.24, 2.45) is 0 Å². The molecule has 4 amide bonds. The van der Waals surface area contributed by atoms with Gasteiger partial charge in [-0.25, -0.2) is 14.5 Å². The first-order chi connectivity index (χ1) is 18.1. The van der Waals surface area contributed by atoms with Crippen LogP contribution in [0.15, 0.2) is 29.8 Å². The van der Waals surface area contributed by atoms with Crippen LogP contribution in [-0.2, 0) is 27.2 Å². The molecule has 2 aliphatic rings. The minimum Gasteiger partial charge on any atom is -0.465 e. The summed E-state index contributed by atoms with van der Waals surface area (Å²) in [5, 5.41) is 3.09. The van der Waals surface area contributed by atoms with Gasteiger partial charge in [-0.3, -0.25) is 14.9 Å². The number of thiophene rings is 1. The van der Waals surface area contributed by atoms with E-state index in [1.165, 1.54) is 18.1 Å². The smallest absolute Gasteiger partial charge is 0.341 e. The predicted molar refractivity (Wildman–Crippen MR) is 146 cm³/mol. The maximum Gasteiger partial charge on any atom is 0.341 e. The molecule has 5 rings (SSSR count). The van der Waals surface area contributed by atoms with Crippen LogP contribution < -0.4 is 10.2 Å². The molecule has 1 aliphatic carbocycles. The maximum absolute atomic E-state index is 13.5. The second-order valence-electron chi connectivity index (χ2n) is 9.72. The highest BCUT2D eigenvalue weighted by Gasteiger charge is 2.38. The largest absolute Gasteiger partial charge is 0.465 e. The Morgan fingerprint density at radius 1 is 1.08 bits per heavy atom. The van der Waals surface area contributed by atoms with Crippen LogP contribution in [0, 0.1) is 27.7 Å². The highest BCUT2D eigenvalue weighted by Crippen LogP contribution is 2.39. The molecule has 1 fully saturated rings. The van der Waals surface area contributed by atoms with Crippen LogP contribution in [0.5, 0.6) is 0 Å². The van der Waals surface area contributed by atoms with Crippen LogP contribution in [-0.4, -0.2) is 35.5 Å². The van der Waals surface area contributed by atoms with E-state index in [1.807, 2.05) is 44.4 Å². The van der Waals surface area contributed by atoms with Gasteiger partial charge in [-0.1, -0.05) is 12.1 Å². The molecule has 0 atom stereocenters. The van der Waals surface area contributed by atoms with E-state index in [0.29, 0.717) is 16.8 Å². The number of methoxy groups -OCH3 is 1. The lowest BCUT2D eigenvalue weighted by atomic mass is 9.95. The Balaban J connectivity index is 1.61. The summed E-state index contributed by atoms with van der Waals surface area (Å²) in [5.41, 5.74) is 5.92. The lowest BCUT2D eigenvalue weighted by molar-refractivity contribution is -0.122. The second kappa shape index (κ2) is 9.72. The topological polar surface area (TPSA) is 97.7 Å². The zero-order chi connectivity index (χ0) is 27.3. The van der Waals surface area contributed by atoms with E-state index in [-0.39, 0.29) is 11.5 Å². The number of rotatable bonds is 4. The van der Waals surface area contributed by atoms with Gasteiger partial charge in [0.1, 0.15) is 10.6 Å². The van der Waals surface area contributed by atoms with Gasteiger partial charge in [0.05, 0.1) is 18.4 Å². The molecule has 0 unspecified atom stereocenters. The van der Waals surface area contributed by atoms with Crippen molar-refractivity contribution in [1.29, 1.82) is 0 Å². The Labute approximate surface area is 224 Å². The van der Waals surface area contributed by atoms with Gasteiger partial charge in [-0.2, -0.15) is 0 Å². The number of amides is 4. The third-order valence-corrected chi connectivity index (χ3v) is 8.71. The Bertz CT molecular complexity index is 1560. The first-order valence-corrected chi connectivity index (χ1v) is 13.4. The average molecular weight is 532 g/mol. The molecule has 2 aromatic heterocycles. The number of barbiturate groups is 1. The van der Waals surface area contributed by atoms with E-state index in [4.69, 9.17) is 4.74 Å². The third kappa shape index (κ3) is 4.07. The van der Waals surface area contributed by atoms with Crippen molar-refractivity contribution in [1.82, 2.24) is 9.88 Å². The molecular weight excluding hydrogens is 502 g/mol. The highest BCUT2D eigenvalue weighted by molar-refractivity contribution is 7.15. The number of hydrogen-bond donors (Lipinski definition) is 1. The number of benzene rings is 1. The number of hydrogen-bond acceptors (Lipinski definition) is 6. The van der Waals surface area contributed by atoms with Gasteiger partial charge < -0.3 is 9.30 Å². The first kappa shape index (κ1) is 25.7. The fourth-order valence-corrected chi connectivity index (χ4v) is 6.77. The van der Waals surface area contributed by atoms with Crippen molar-refractivity contribution < 1.29 is 23.9 Å². The summed E-state index contributed by atoms with van der Waals surface area (Å²) in [6.45, 7) is 7.53. The summed E-state index contributed by atoms with van der Waals surface area (Å²) in [7, 11) is 1.39. The zero-order valence-corrected chi connectivity index (χ0v) is 22.9. The van der Waals surface area contributed by atoms with E-state index in [0.717, 1.165) is 63.7 Å². The van der Waals surface area contributed by atoms with Crippen LogP contribution in [0.2, 0.25) is 0 Å². The van der Waals surface area contributed by atoms with Gasteiger partial charge >= 0.3 is 12.0 Å². The molecule has 1 saturated heterocycles. The van der Waals surface area contributed by atoms with E-state index in [9.17, 15) is 19.2 Å². The Hall–Kier alpha value is -3.98. The van der Waals surface area contributed by atoms with Gasteiger partial charge in [0.15, 0.2) is 0 Å². The Kier molecular flexibility index (Phi) is 6.56. The van der Waals surface area contributed by atoms with Crippen molar-refractivity contribution >= 4 is 46.9 Å². The SMILES string of the molecule is COC(=O)c1c(-n2c(C)cc(/C=C3\C(=O)NC(=O)N(c4cccc(C)c4C)C3=O)c2C)sc2c1CCCC2. The number of urea groups is 1. The quantitative estimate of drug-likeness (QED) is 0.287. The monoisotopic (exact) mass is 531 g/mol. The number of aromatic nitrogens is 1. The molecule has 38 heavy (non-hydrogen) atoms. The van der Waals surface area contributed by atoms with Crippen LogP contribution in [0.3, 0.4) is 0 Å². The van der Waals surface area contributed by atoms with Crippen LogP contribution >= 0.6 is 11.3 Å². The summed E-state index contributed by atoms with van der Waals surface area (Å²) in [4.78, 5) is 54.1. The van der Waals surface area contributed by atoms with Gasteiger partial charge in [0.2, 0.25) is 0 Å². The third-order valence-electron chi connectivity index (χ3n) is 7.43. The number of ether oxygens (including phenoxy) is 1. The minimum absolute atomic E-state index is 0.135. The lowest BCUT2D eigenvalue weighted by Gasteiger charge is -2.28. The molecule has 0 spiro atoms. The maximum atomic E-state index is 13.5. The number of anilines is 1. The van der Waals surface area contributed by atoms with E-state index in [2.05, 4.69) is 5.32 Å². The summed E-state index contributed by atoms with van der Waals surface area (Å²) in [5.74, 6) is -1.79. The molecule has 3 aromatic rings. The zero-order valence-electron chi connectivity index (χ0n) is 22.1. The van der Waals surface area contributed by atoms with E-state index < -0.39 is 17.8 Å². The number of aryl methyl sites for hydroxylation is 3. The predicted octanol–water partition coefficient (Wildman–Crippen LogP) is 5.10. The molecule has 0 saturated carbocycles. The van der Waals surface area contributed by atoms with Gasteiger partial charge in [-0.05, 0) is 93.8 Å². The molecule has 1 aromatic carbocycles. The summed E-state index contributed by atoms with van der Waals surface area (Å²) >= 11 is 1.59. The second-order valence-corrected chi connectivity index (χ2v) is 10.8. The average Bonchev–Trinajstić information content (AvgIpc) is 3.39. The fourth-order valence-electron chi connectivity index (χ4n) is 5.28. The Morgan fingerprint density at radius 2 is 1.82 bits per heavy atom. The molecule has 3 heterocycles. The van der Waals surface area contributed by atoms with Crippen molar-refractivity contribution in [3.8, 4) is 5.00 Å². The van der Waals surface area contributed by atoms with Gasteiger partial charge in [0, 0.05) is 16.3 Å². The summed E-state index contributed by atoms with van der Waals surface area (Å²) < 4.78 is 7.13. The number of nitrogens with zero attached hydrogens (tertiary/aromatic N) is 2. The van der Waals surface area contributed by atoms with E-state index >= 15 is 0 Å². The standard InChI is InChI=1S/C29H29N3O5S/c1-15-9-8-11-22(17(15)3)32-26(34)21(25(33)30-29(32)36)14-19-13-16(2)31(18(19)4)27-24(28(35)37-5)20-10-6-7-12-23(20)38-27/h8-9,11,13-14H,6-7,10,12H2,1-5H3,(H,30,33,36)/b21-14+. The number of carbonyl (C=O) groups is 4. The molecule has 1 N–H and O–H groups in total. The number of carbonyl (C=O) groups excluding carboxylic acids is 4. The first-order valence-electron chi connectivity index (χ1n) is 12.5. The number of nitrogens with one attached hydrogen (secondary N) is 1. The van der Waals surface area contributed by atoms with Gasteiger partial charge in [0.25, 0.3) is 11.8 Å². The molecule has 8 nitrogen and oxygen atoms in total. The van der Waals surface area contributed by atoms with Crippen LogP contribution in [0.25, 0.3) is 11.1 Å². The van der Waals surface area contributed by atoms with E-state index in [1.54, 1.807) is 23.5 Å². The van der Waals surface area contributed by atoms with Gasteiger partial charge in [-0.15, -0.1) is 11.3 Å². The Morgan fingerprint density at radius 3 is 2.55 bits per heavy atom. The molecule has 1 aliphatic heterocycles. The molecular formula is C29H29N3O5S. The van der Waals surface area contributed by atoms with Crippen molar-refractivity contribution in [3.05, 3.63) is 73.9 Å². The van der Waals surface area contributed by atoms with Crippen molar-refractivity contribution in [2.45, 2.75) is 53.4 Å². The molecule has 0 bridgehead atoms. The normalized spacial score (nSPS) is 16.6. The number of esters is 1. The molecule has 196 valence electrons. The highest BCUT2D eigenvalue weighted by atomic mass is 32.1. The number of imide groups is 2.